The van der Waals surface area contributed by atoms with E-state index in [-0.39, 0.29) is 17.6 Å². The number of nitrogens with one attached hydrogen (secondary N) is 1. The molecule has 3 aromatic rings. The zero-order valence-corrected chi connectivity index (χ0v) is 21.2. The molecule has 184 valence electrons. The SMILES string of the molecule is Cc1cc(C)c(C)c(S(=O)(=O)N2CCC(C(=O)Nc3cnc(-c4cccc(O)c4)nc3)CC2)c1C. The number of aryl methyl sites for hydroxylation is 2. The minimum absolute atomic E-state index is 0.125. The quantitative estimate of drug-likeness (QED) is 0.552. The van der Waals surface area contributed by atoms with Crippen molar-refractivity contribution < 1.29 is 18.3 Å². The van der Waals surface area contributed by atoms with E-state index < -0.39 is 10.0 Å². The Kier molecular flexibility index (Phi) is 6.91. The molecule has 2 N–H and O–H groups in total. The molecule has 2 aromatic carbocycles. The maximum absolute atomic E-state index is 13.5. The Morgan fingerprint density at radius 2 is 1.60 bits per heavy atom. The third-order valence-corrected chi connectivity index (χ3v) is 8.92. The number of nitrogens with zero attached hydrogens (tertiary/aromatic N) is 3. The molecule has 0 saturated carbocycles. The van der Waals surface area contributed by atoms with Crippen LogP contribution in [-0.4, -0.2) is 46.8 Å². The Hall–Kier alpha value is -3.30. The van der Waals surface area contributed by atoms with Crippen LogP contribution in [-0.2, 0) is 14.8 Å². The van der Waals surface area contributed by atoms with Gasteiger partial charge < -0.3 is 10.4 Å². The summed E-state index contributed by atoms with van der Waals surface area (Å²) < 4.78 is 28.4. The summed E-state index contributed by atoms with van der Waals surface area (Å²) in [6, 6.07) is 8.64. The third kappa shape index (κ3) is 5.06. The normalized spacial score (nSPS) is 15.2. The number of carbonyl (C=O) groups excluding carboxylic acids is 1. The summed E-state index contributed by atoms with van der Waals surface area (Å²) in [5.74, 6) is 0.0947. The maximum Gasteiger partial charge on any atom is 0.243 e. The summed E-state index contributed by atoms with van der Waals surface area (Å²) in [5.41, 5.74) is 4.61. The molecule has 1 fully saturated rings. The molecule has 1 aromatic heterocycles. The summed E-state index contributed by atoms with van der Waals surface area (Å²) in [4.78, 5) is 21.8. The molecule has 0 aliphatic carbocycles. The van der Waals surface area contributed by atoms with Gasteiger partial charge in [-0.15, -0.1) is 0 Å². The fourth-order valence-electron chi connectivity index (χ4n) is 4.49. The monoisotopic (exact) mass is 494 g/mol. The topological polar surface area (TPSA) is 112 Å². The average Bonchev–Trinajstić information content (AvgIpc) is 2.83. The van der Waals surface area contributed by atoms with Crippen molar-refractivity contribution in [1.82, 2.24) is 14.3 Å². The number of piperidine rings is 1. The Bertz CT molecular complexity index is 1340. The van der Waals surface area contributed by atoms with E-state index in [0.717, 1.165) is 22.3 Å². The highest BCUT2D eigenvalue weighted by Crippen LogP contribution is 2.31. The van der Waals surface area contributed by atoms with Gasteiger partial charge in [0.15, 0.2) is 5.82 Å². The van der Waals surface area contributed by atoms with E-state index in [0.29, 0.717) is 47.9 Å². The Balaban J connectivity index is 1.40. The third-order valence-electron chi connectivity index (χ3n) is 6.74. The van der Waals surface area contributed by atoms with Crippen LogP contribution in [0.3, 0.4) is 0 Å². The van der Waals surface area contributed by atoms with Gasteiger partial charge in [-0.3, -0.25) is 4.79 Å². The predicted molar refractivity (Wildman–Crippen MR) is 135 cm³/mol. The molecule has 1 amide bonds. The number of amides is 1. The van der Waals surface area contributed by atoms with Crippen LogP contribution in [0.25, 0.3) is 11.4 Å². The van der Waals surface area contributed by atoms with Crippen molar-refractivity contribution in [3.05, 3.63) is 65.0 Å². The molecule has 1 aliphatic rings. The van der Waals surface area contributed by atoms with Gasteiger partial charge in [0.1, 0.15) is 5.75 Å². The lowest BCUT2D eigenvalue weighted by atomic mass is 9.97. The number of benzene rings is 2. The highest BCUT2D eigenvalue weighted by Gasteiger charge is 2.34. The van der Waals surface area contributed by atoms with Gasteiger partial charge in [0.25, 0.3) is 0 Å². The van der Waals surface area contributed by atoms with E-state index in [1.165, 1.54) is 16.7 Å². The highest BCUT2D eigenvalue weighted by molar-refractivity contribution is 7.89. The van der Waals surface area contributed by atoms with E-state index in [1.807, 2.05) is 33.8 Å². The molecule has 1 saturated heterocycles. The highest BCUT2D eigenvalue weighted by atomic mass is 32.2. The second kappa shape index (κ2) is 9.75. The molecule has 1 aliphatic heterocycles. The van der Waals surface area contributed by atoms with Gasteiger partial charge >= 0.3 is 0 Å². The number of anilines is 1. The molecule has 8 nitrogen and oxygen atoms in total. The number of aromatic hydroxyl groups is 1. The van der Waals surface area contributed by atoms with Crippen molar-refractivity contribution in [3.63, 3.8) is 0 Å². The second-order valence-electron chi connectivity index (χ2n) is 9.10. The molecule has 0 radical (unpaired) electrons. The van der Waals surface area contributed by atoms with Crippen molar-refractivity contribution in [2.45, 2.75) is 45.4 Å². The van der Waals surface area contributed by atoms with Crippen LogP contribution in [0.2, 0.25) is 0 Å². The number of hydrogen-bond donors (Lipinski definition) is 2. The summed E-state index contributed by atoms with van der Waals surface area (Å²) in [6.45, 7) is 8.14. The lowest BCUT2D eigenvalue weighted by Crippen LogP contribution is -2.41. The van der Waals surface area contributed by atoms with E-state index in [4.69, 9.17) is 0 Å². The maximum atomic E-state index is 13.5. The molecular weight excluding hydrogens is 464 g/mol. The smallest absolute Gasteiger partial charge is 0.243 e. The van der Waals surface area contributed by atoms with E-state index in [1.54, 1.807) is 24.3 Å². The van der Waals surface area contributed by atoms with Crippen LogP contribution in [0.1, 0.15) is 35.1 Å². The minimum Gasteiger partial charge on any atom is -0.508 e. The van der Waals surface area contributed by atoms with Crippen molar-refractivity contribution in [2.24, 2.45) is 5.92 Å². The summed E-state index contributed by atoms with van der Waals surface area (Å²) in [6.07, 6.45) is 3.93. The molecule has 9 heteroatoms. The van der Waals surface area contributed by atoms with Gasteiger partial charge in [-0.1, -0.05) is 18.2 Å². The van der Waals surface area contributed by atoms with E-state index >= 15 is 0 Å². The van der Waals surface area contributed by atoms with Gasteiger partial charge in [-0.2, -0.15) is 4.31 Å². The van der Waals surface area contributed by atoms with E-state index in [2.05, 4.69) is 15.3 Å². The molecule has 0 bridgehead atoms. The van der Waals surface area contributed by atoms with Crippen molar-refractivity contribution in [1.29, 1.82) is 0 Å². The van der Waals surface area contributed by atoms with Gasteiger partial charge in [0.2, 0.25) is 15.9 Å². The van der Waals surface area contributed by atoms with Crippen molar-refractivity contribution in [3.8, 4) is 17.1 Å². The van der Waals surface area contributed by atoms with Gasteiger partial charge in [-0.25, -0.2) is 18.4 Å². The first-order chi connectivity index (χ1) is 16.6. The van der Waals surface area contributed by atoms with Crippen LogP contribution < -0.4 is 5.32 Å². The molecule has 0 spiro atoms. The van der Waals surface area contributed by atoms with E-state index in [9.17, 15) is 18.3 Å². The van der Waals surface area contributed by atoms with Crippen LogP contribution in [0.5, 0.6) is 5.75 Å². The number of rotatable bonds is 5. The van der Waals surface area contributed by atoms with Crippen LogP contribution in [0.15, 0.2) is 47.6 Å². The Labute approximate surface area is 206 Å². The molecule has 0 atom stereocenters. The zero-order valence-electron chi connectivity index (χ0n) is 20.4. The Morgan fingerprint density at radius 3 is 2.17 bits per heavy atom. The summed E-state index contributed by atoms with van der Waals surface area (Å²) in [7, 11) is -3.65. The molecule has 4 rings (SSSR count). The van der Waals surface area contributed by atoms with Gasteiger partial charge in [-0.05, 0) is 74.9 Å². The summed E-state index contributed by atoms with van der Waals surface area (Å²) >= 11 is 0. The van der Waals surface area contributed by atoms with Crippen LogP contribution >= 0.6 is 0 Å². The molecule has 2 heterocycles. The lowest BCUT2D eigenvalue weighted by Gasteiger charge is -2.31. The molecular formula is C26H30N4O4S. The zero-order chi connectivity index (χ0) is 25.3. The Morgan fingerprint density at radius 1 is 1.00 bits per heavy atom. The molecule has 35 heavy (non-hydrogen) atoms. The number of carbonyl (C=O) groups is 1. The first-order valence-corrected chi connectivity index (χ1v) is 13.0. The first kappa shape index (κ1) is 24.8. The van der Waals surface area contributed by atoms with Crippen molar-refractivity contribution >= 4 is 21.6 Å². The predicted octanol–water partition coefficient (Wildman–Crippen LogP) is 4.12. The fourth-order valence-corrected chi connectivity index (χ4v) is 6.53. The number of phenolic OH excluding ortho intramolecular Hbond substituents is 1. The first-order valence-electron chi connectivity index (χ1n) is 11.6. The summed E-state index contributed by atoms with van der Waals surface area (Å²) in [5, 5.41) is 12.5. The number of sulfonamides is 1. The molecule has 0 unspecified atom stereocenters. The van der Waals surface area contributed by atoms with Crippen LogP contribution in [0.4, 0.5) is 5.69 Å². The average molecular weight is 495 g/mol. The second-order valence-corrected chi connectivity index (χ2v) is 11.0. The standard InChI is InChI=1S/C26H30N4O4S/c1-16-12-17(2)19(4)24(18(16)3)35(33,34)30-10-8-20(9-11-30)26(32)29-22-14-27-25(28-15-22)21-6-5-7-23(31)13-21/h5-7,12-15,20,31H,8-11H2,1-4H3,(H,29,32). The number of aromatic nitrogens is 2. The minimum atomic E-state index is -3.65. The van der Waals surface area contributed by atoms with Crippen molar-refractivity contribution in [2.75, 3.05) is 18.4 Å². The number of phenols is 1. The van der Waals surface area contributed by atoms with Gasteiger partial charge in [0, 0.05) is 24.6 Å². The fraction of sp³-hybridized carbons (Fsp3) is 0.346. The van der Waals surface area contributed by atoms with Crippen LogP contribution in [0, 0.1) is 33.6 Å². The largest absolute Gasteiger partial charge is 0.508 e. The number of hydrogen-bond acceptors (Lipinski definition) is 6. The lowest BCUT2D eigenvalue weighted by molar-refractivity contribution is -0.120. The van der Waals surface area contributed by atoms with Gasteiger partial charge in [0.05, 0.1) is 23.0 Å².